The Bertz CT molecular complexity index is 325. The van der Waals surface area contributed by atoms with Crippen LogP contribution in [-0.4, -0.2) is 40.3 Å². The van der Waals surface area contributed by atoms with Crippen molar-refractivity contribution in [2.24, 2.45) is 5.92 Å². The lowest BCUT2D eigenvalue weighted by molar-refractivity contribution is 0.0512. The molecule has 0 aromatic rings. The number of carbonyl (C=O) groups is 1. The van der Waals surface area contributed by atoms with Crippen molar-refractivity contribution in [3.63, 3.8) is 0 Å². The van der Waals surface area contributed by atoms with Crippen LogP contribution in [0.3, 0.4) is 0 Å². The van der Waals surface area contributed by atoms with Gasteiger partial charge < -0.3 is 15.3 Å². The van der Waals surface area contributed by atoms with E-state index in [1.54, 1.807) is 0 Å². The Morgan fingerprint density at radius 3 is 2.47 bits per heavy atom. The summed E-state index contributed by atoms with van der Waals surface area (Å²) in [7, 11) is 0. The maximum absolute atomic E-state index is 12.4. The number of aliphatic hydroxyl groups excluding tert-OH is 1. The van der Waals surface area contributed by atoms with Crippen molar-refractivity contribution >= 4 is 6.03 Å². The van der Waals surface area contributed by atoms with Crippen LogP contribution in [0.5, 0.6) is 0 Å². The Morgan fingerprint density at radius 1 is 1.16 bits per heavy atom. The number of nitrogens with zero attached hydrogens (tertiary/aromatic N) is 1. The third kappa shape index (κ3) is 3.62. The lowest BCUT2D eigenvalue weighted by Gasteiger charge is -2.41. The molecule has 2 fully saturated rings. The van der Waals surface area contributed by atoms with E-state index in [0.717, 1.165) is 38.6 Å². The molecule has 0 bridgehead atoms. The van der Waals surface area contributed by atoms with Gasteiger partial charge in [0.15, 0.2) is 0 Å². The molecule has 0 radical (unpaired) electrons. The third-order valence-corrected chi connectivity index (χ3v) is 4.32. The predicted octanol–water partition coefficient (Wildman–Crippen LogP) is 2.51. The molecule has 4 nitrogen and oxygen atoms in total. The smallest absolute Gasteiger partial charge is 0.318 e. The van der Waals surface area contributed by atoms with Gasteiger partial charge in [0.1, 0.15) is 0 Å². The summed E-state index contributed by atoms with van der Waals surface area (Å²) < 4.78 is 0. The number of piperidine rings is 1. The van der Waals surface area contributed by atoms with Crippen LogP contribution in [0.1, 0.15) is 59.3 Å². The first kappa shape index (κ1) is 14.6. The second-order valence-corrected chi connectivity index (χ2v) is 7.10. The molecule has 3 unspecified atom stereocenters. The molecule has 110 valence electrons. The van der Waals surface area contributed by atoms with Gasteiger partial charge in [0.2, 0.25) is 0 Å². The first-order chi connectivity index (χ1) is 8.88. The number of nitrogens with one attached hydrogen (secondary N) is 1. The second kappa shape index (κ2) is 5.70. The minimum absolute atomic E-state index is 0.0382. The van der Waals surface area contributed by atoms with E-state index < -0.39 is 0 Å². The van der Waals surface area contributed by atoms with Crippen LogP contribution in [0, 0.1) is 5.92 Å². The molecular weight excluding hydrogens is 240 g/mol. The number of urea groups is 1. The Balaban J connectivity index is 2.05. The number of likely N-dealkylation sites (tertiary alicyclic amines) is 1. The SMILES string of the molecule is CC(C)(C)NC(=O)N1CCCCC1C1CCCC1O. The van der Waals surface area contributed by atoms with Gasteiger partial charge in [-0.05, 0) is 52.9 Å². The first-order valence-corrected chi connectivity index (χ1v) is 7.65. The van der Waals surface area contributed by atoms with Gasteiger partial charge in [-0.3, -0.25) is 0 Å². The average Bonchev–Trinajstić information content (AvgIpc) is 2.73. The lowest BCUT2D eigenvalue weighted by Crippen LogP contribution is -2.56. The molecule has 0 aromatic heterocycles. The zero-order valence-corrected chi connectivity index (χ0v) is 12.5. The van der Waals surface area contributed by atoms with Crippen molar-refractivity contribution in [1.82, 2.24) is 10.2 Å². The second-order valence-electron chi connectivity index (χ2n) is 7.10. The average molecular weight is 268 g/mol. The summed E-state index contributed by atoms with van der Waals surface area (Å²) in [5.41, 5.74) is -0.201. The van der Waals surface area contributed by atoms with Crippen LogP contribution >= 0.6 is 0 Å². The summed E-state index contributed by atoms with van der Waals surface area (Å²) in [4.78, 5) is 14.4. The van der Waals surface area contributed by atoms with Crippen molar-refractivity contribution in [1.29, 1.82) is 0 Å². The fraction of sp³-hybridized carbons (Fsp3) is 0.933. The van der Waals surface area contributed by atoms with Gasteiger partial charge in [-0.2, -0.15) is 0 Å². The Hall–Kier alpha value is -0.770. The minimum Gasteiger partial charge on any atom is -0.393 e. The van der Waals surface area contributed by atoms with Crippen LogP contribution in [0.15, 0.2) is 0 Å². The molecule has 1 saturated heterocycles. The summed E-state index contributed by atoms with van der Waals surface area (Å²) in [6.07, 6.45) is 6.13. The van der Waals surface area contributed by atoms with Crippen LogP contribution in [-0.2, 0) is 0 Å². The molecule has 2 rings (SSSR count). The van der Waals surface area contributed by atoms with E-state index in [1.807, 2.05) is 25.7 Å². The first-order valence-electron chi connectivity index (χ1n) is 7.65. The van der Waals surface area contributed by atoms with Crippen molar-refractivity contribution < 1.29 is 9.90 Å². The van der Waals surface area contributed by atoms with Gasteiger partial charge in [-0.1, -0.05) is 6.42 Å². The summed E-state index contributed by atoms with van der Waals surface area (Å²) in [6, 6.07) is 0.268. The zero-order chi connectivity index (χ0) is 14.0. The molecule has 3 atom stereocenters. The molecule has 2 amide bonds. The van der Waals surface area contributed by atoms with Gasteiger partial charge in [-0.25, -0.2) is 4.79 Å². The molecule has 19 heavy (non-hydrogen) atoms. The van der Waals surface area contributed by atoms with Crippen molar-refractivity contribution in [2.75, 3.05) is 6.54 Å². The Morgan fingerprint density at radius 2 is 1.89 bits per heavy atom. The van der Waals surface area contributed by atoms with E-state index in [9.17, 15) is 9.90 Å². The van der Waals surface area contributed by atoms with Crippen molar-refractivity contribution in [3.05, 3.63) is 0 Å². The predicted molar refractivity (Wildman–Crippen MR) is 76.0 cm³/mol. The monoisotopic (exact) mass is 268 g/mol. The number of amides is 2. The summed E-state index contributed by atoms with van der Waals surface area (Å²) in [5.74, 6) is 0.283. The van der Waals surface area contributed by atoms with Crippen LogP contribution in [0.2, 0.25) is 0 Å². The Labute approximate surface area is 116 Å². The van der Waals surface area contributed by atoms with E-state index in [2.05, 4.69) is 5.32 Å². The number of rotatable bonds is 1. The fourth-order valence-corrected chi connectivity index (χ4v) is 3.47. The topological polar surface area (TPSA) is 52.6 Å². The molecule has 1 heterocycles. The van der Waals surface area contributed by atoms with Crippen LogP contribution in [0.25, 0.3) is 0 Å². The summed E-state index contributed by atoms with van der Waals surface area (Å²) in [5, 5.41) is 13.2. The molecule has 2 aliphatic rings. The normalized spacial score (nSPS) is 32.4. The highest BCUT2D eigenvalue weighted by molar-refractivity contribution is 5.75. The fourth-order valence-electron chi connectivity index (χ4n) is 3.47. The van der Waals surface area contributed by atoms with E-state index in [1.165, 1.54) is 6.42 Å². The van der Waals surface area contributed by atoms with E-state index in [4.69, 9.17) is 0 Å². The van der Waals surface area contributed by atoms with Crippen molar-refractivity contribution in [3.8, 4) is 0 Å². The lowest BCUT2D eigenvalue weighted by atomic mass is 9.88. The van der Waals surface area contributed by atoms with Gasteiger partial charge in [0.25, 0.3) is 0 Å². The minimum atomic E-state index is -0.215. The zero-order valence-electron chi connectivity index (χ0n) is 12.5. The highest BCUT2D eigenvalue weighted by Crippen LogP contribution is 2.35. The maximum atomic E-state index is 12.4. The molecule has 0 spiro atoms. The number of hydrogen-bond donors (Lipinski definition) is 2. The number of aliphatic hydroxyl groups is 1. The number of hydrogen-bond acceptors (Lipinski definition) is 2. The van der Waals surface area contributed by atoms with Gasteiger partial charge in [0.05, 0.1) is 6.10 Å². The van der Waals surface area contributed by atoms with E-state index >= 15 is 0 Å². The molecule has 2 N–H and O–H groups in total. The molecule has 1 saturated carbocycles. The van der Waals surface area contributed by atoms with Crippen molar-refractivity contribution in [2.45, 2.75) is 77.0 Å². The van der Waals surface area contributed by atoms with E-state index in [0.29, 0.717) is 0 Å². The highest BCUT2D eigenvalue weighted by atomic mass is 16.3. The summed E-state index contributed by atoms with van der Waals surface area (Å²) >= 11 is 0. The van der Waals surface area contributed by atoms with Gasteiger partial charge >= 0.3 is 6.03 Å². The third-order valence-electron chi connectivity index (χ3n) is 4.32. The molecule has 1 aliphatic heterocycles. The number of carbonyl (C=O) groups excluding carboxylic acids is 1. The highest BCUT2D eigenvalue weighted by Gasteiger charge is 2.39. The van der Waals surface area contributed by atoms with E-state index in [-0.39, 0.29) is 29.6 Å². The largest absolute Gasteiger partial charge is 0.393 e. The van der Waals surface area contributed by atoms with Gasteiger partial charge in [-0.15, -0.1) is 0 Å². The molecule has 0 aromatic carbocycles. The summed E-state index contributed by atoms with van der Waals surface area (Å²) in [6.45, 7) is 6.85. The molecule has 1 aliphatic carbocycles. The maximum Gasteiger partial charge on any atom is 0.318 e. The molecule has 4 heteroatoms. The van der Waals surface area contributed by atoms with Gasteiger partial charge in [0, 0.05) is 24.0 Å². The Kier molecular flexibility index (Phi) is 4.39. The standard InChI is InChI=1S/C15H28N2O2/c1-15(2,3)16-14(19)17-10-5-4-8-12(17)11-7-6-9-13(11)18/h11-13,18H,4-10H2,1-3H3,(H,16,19). The molecular formula is C15H28N2O2. The van der Waals surface area contributed by atoms with Crippen LogP contribution in [0.4, 0.5) is 4.79 Å². The van der Waals surface area contributed by atoms with Crippen LogP contribution < -0.4 is 5.32 Å². The quantitative estimate of drug-likeness (QED) is 0.768.